The summed E-state index contributed by atoms with van der Waals surface area (Å²) >= 11 is 0. The van der Waals surface area contributed by atoms with Crippen LogP contribution in [-0.4, -0.2) is 18.6 Å². The van der Waals surface area contributed by atoms with E-state index in [1.165, 1.54) is 45.3 Å². The normalized spacial score (nSPS) is 17.5. The van der Waals surface area contributed by atoms with Gasteiger partial charge >= 0.3 is 0 Å². The fraction of sp³-hybridized carbons (Fsp3) is 0.600. The lowest BCUT2D eigenvalue weighted by Crippen LogP contribution is -2.29. The summed E-state index contributed by atoms with van der Waals surface area (Å²) in [5.41, 5.74) is 0.887. The molecule has 0 aromatic heterocycles. The van der Waals surface area contributed by atoms with Crippen LogP contribution in [0, 0.1) is 15.5 Å². The highest BCUT2D eigenvalue weighted by Gasteiger charge is 2.27. The molecule has 0 amide bonds. The molecule has 0 saturated heterocycles. The molecule has 2 rings (SSSR count). The molecular formula is C15H22N2O3. The third-order valence-corrected chi connectivity index (χ3v) is 4.17. The van der Waals surface area contributed by atoms with E-state index in [-0.39, 0.29) is 16.0 Å². The maximum absolute atomic E-state index is 11.1. The molecule has 0 spiro atoms. The van der Waals surface area contributed by atoms with Gasteiger partial charge in [-0.15, -0.1) is 0 Å². The Morgan fingerprint density at radius 1 is 1.35 bits per heavy atom. The molecule has 0 bridgehead atoms. The van der Waals surface area contributed by atoms with Gasteiger partial charge in [0.2, 0.25) is 0 Å². The maximum atomic E-state index is 11.1. The van der Waals surface area contributed by atoms with Crippen molar-refractivity contribution >= 4 is 11.4 Å². The summed E-state index contributed by atoms with van der Waals surface area (Å²) in [6.07, 6.45) is 6.18. The van der Waals surface area contributed by atoms with Crippen molar-refractivity contribution < 1.29 is 9.66 Å². The minimum atomic E-state index is -0.367. The van der Waals surface area contributed by atoms with Gasteiger partial charge in [-0.2, -0.15) is 0 Å². The van der Waals surface area contributed by atoms with Gasteiger partial charge in [0.1, 0.15) is 11.4 Å². The lowest BCUT2D eigenvalue weighted by molar-refractivity contribution is -0.384. The number of anilines is 1. The molecule has 0 aliphatic heterocycles. The van der Waals surface area contributed by atoms with E-state index < -0.39 is 0 Å². The van der Waals surface area contributed by atoms with Crippen LogP contribution in [0.15, 0.2) is 18.2 Å². The minimum absolute atomic E-state index is 0.0729. The van der Waals surface area contributed by atoms with Crippen molar-refractivity contribution in [3.05, 3.63) is 28.3 Å². The fourth-order valence-electron chi connectivity index (χ4n) is 2.83. The average Bonchev–Trinajstić information content (AvgIpc) is 2.45. The van der Waals surface area contributed by atoms with E-state index >= 15 is 0 Å². The second-order valence-electron chi connectivity index (χ2n) is 5.87. The second kappa shape index (κ2) is 6.11. The van der Waals surface area contributed by atoms with Gasteiger partial charge in [0.05, 0.1) is 18.1 Å². The highest BCUT2D eigenvalue weighted by Crippen LogP contribution is 2.37. The maximum Gasteiger partial charge on any atom is 0.296 e. The van der Waals surface area contributed by atoms with Crippen LogP contribution in [-0.2, 0) is 0 Å². The SMILES string of the molecule is COc1ccc(NCC2(C)CCCCC2)c([N+](=O)[O-])c1. The molecule has 0 unspecified atom stereocenters. The van der Waals surface area contributed by atoms with Crippen molar-refractivity contribution in [1.29, 1.82) is 0 Å². The predicted molar refractivity (Wildman–Crippen MR) is 79.3 cm³/mol. The number of nitro groups is 1. The smallest absolute Gasteiger partial charge is 0.296 e. The molecule has 5 heteroatoms. The van der Waals surface area contributed by atoms with Crippen LogP contribution >= 0.6 is 0 Å². The number of hydrogen-bond acceptors (Lipinski definition) is 4. The zero-order valence-corrected chi connectivity index (χ0v) is 12.1. The van der Waals surface area contributed by atoms with Gasteiger partial charge in [-0.25, -0.2) is 0 Å². The first-order valence-electron chi connectivity index (χ1n) is 7.10. The molecule has 0 radical (unpaired) electrons. The fourth-order valence-corrected chi connectivity index (χ4v) is 2.83. The number of methoxy groups -OCH3 is 1. The average molecular weight is 278 g/mol. The number of ether oxygens (including phenoxy) is 1. The molecule has 1 aromatic carbocycles. The summed E-state index contributed by atoms with van der Waals surface area (Å²) in [6, 6.07) is 4.94. The topological polar surface area (TPSA) is 64.4 Å². The summed E-state index contributed by atoms with van der Waals surface area (Å²) < 4.78 is 5.04. The van der Waals surface area contributed by atoms with E-state index in [0.29, 0.717) is 11.4 Å². The molecule has 1 aromatic rings. The first kappa shape index (κ1) is 14.6. The summed E-state index contributed by atoms with van der Waals surface area (Å²) in [7, 11) is 1.51. The Bertz CT molecular complexity index is 482. The van der Waals surface area contributed by atoms with Crippen molar-refractivity contribution in [3.63, 3.8) is 0 Å². The molecule has 1 N–H and O–H groups in total. The largest absolute Gasteiger partial charge is 0.496 e. The first-order chi connectivity index (χ1) is 9.54. The number of nitro benzene ring substituents is 1. The van der Waals surface area contributed by atoms with Gasteiger partial charge in [-0.05, 0) is 30.4 Å². The Hall–Kier alpha value is -1.78. The van der Waals surface area contributed by atoms with E-state index in [0.717, 1.165) is 6.54 Å². The zero-order valence-electron chi connectivity index (χ0n) is 12.1. The summed E-state index contributed by atoms with van der Waals surface area (Å²) in [5, 5.41) is 14.4. The van der Waals surface area contributed by atoms with Crippen LogP contribution in [0.2, 0.25) is 0 Å². The van der Waals surface area contributed by atoms with Crippen LogP contribution in [0.25, 0.3) is 0 Å². The number of hydrogen-bond donors (Lipinski definition) is 1. The standard InChI is InChI=1S/C15H22N2O3/c1-15(8-4-3-5-9-15)11-16-13-7-6-12(20-2)10-14(13)17(18)19/h6-7,10,16H,3-5,8-9,11H2,1-2H3. The highest BCUT2D eigenvalue weighted by molar-refractivity contribution is 5.63. The van der Waals surface area contributed by atoms with Gasteiger partial charge < -0.3 is 10.1 Å². The Balaban J connectivity index is 2.10. The predicted octanol–water partition coefficient (Wildman–Crippen LogP) is 3.99. The Labute approximate surface area is 119 Å². The third-order valence-electron chi connectivity index (χ3n) is 4.17. The molecule has 1 aliphatic carbocycles. The lowest BCUT2D eigenvalue weighted by Gasteiger charge is -2.33. The quantitative estimate of drug-likeness (QED) is 0.653. The Morgan fingerprint density at radius 3 is 2.65 bits per heavy atom. The molecule has 1 fully saturated rings. The highest BCUT2D eigenvalue weighted by atomic mass is 16.6. The van der Waals surface area contributed by atoms with Gasteiger partial charge in [0.15, 0.2) is 0 Å². The minimum Gasteiger partial charge on any atom is -0.496 e. The zero-order chi connectivity index (χ0) is 14.6. The molecule has 1 aliphatic rings. The molecule has 110 valence electrons. The lowest BCUT2D eigenvalue weighted by atomic mass is 9.76. The van der Waals surface area contributed by atoms with Crippen molar-refractivity contribution in [2.24, 2.45) is 5.41 Å². The van der Waals surface area contributed by atoms with Crippen LogP contribution in [0.3, 0.4) is 0 Å². The number of nitrogens with one attached hydrogen (secondary N) is 1. The van der Waals surface area contributed by atoms with E-state index in [1.54, 1.807) is 12.1 Å². The number of benzene rings is 1. The molecule has 20 heavy (non-hydrogen) atoms. The van der Waals surface area contributed by atoms with Gasteiger partial charge in [-0.1, -0.05) is 26.2 Å². The third kappa shape index (κ3) is 3.40. The summed E-state index contributed by atoms with van der Waals surface area (Å²) in [4.78, 5) is 10.8. The molecule has 0 heterocycles. The van der Waals surface area contributed by atoms with Crippen LogP contribution in [0.5, 0.6) is 5.75 Å². The number of rotatable bonds is 5. The van der Waals surface area contributed by atoms with Crippen molar-refractivity contribution in [3.8, 4) is 5.75 Å². The van der Waals surface area contributed by atoms with Gasteiger partial charge in [0, 0.05) is 6.54 Å². The van der Waals surface area contributed by atoms with Crippen LogP contribution in [0.4, 0.5) is 11.4 Å². The first-order valence-corrected chi connectivity index (χ1v) is 7.10. The van der Waals surface area contributed by atoms with Crippen molar-refractivity contribution in [2.75, 3.05) is 19.0 Å². The molecular weight excluding hydrogens is 256 g/mol. The van der Waals surface area contributed by atoms with E-state index in [2.05, 4.69) is 12.2 Å². The summed E-state index contributed by atoms with van der Waals surface area (Å²) in [6.45, 7) is 3.04. The van der Waals surface area contributed by atoms with Crippen LogP contribution in [0.1, 0.15) is 39.0 Å². The molecule has 0 atom stereocenters. The van der Waals surface area contributed by atoms with Gasteiger partial charge in [0.25, 0.3) is 5.69 Å². The van der Waals surface area contributed by atoms with E-state index in [1.807, 2.05) is 0 Å². The molecule has 1 saturated carbocycles. The monoisotopic (exact) mass is 278 g/mol. The van der Waals surface area contributed by atoms with Crippen molar-refractivity contribution in [1.82, 2.24) is 0 Å². The molecule has 5 nitrogen and oxygen atoms in total. The van der Waals surface area contributed by atoms with E-state index in [9.17, 15) is 10.1 Å². The summed E-state index contributed by atoms with van der Waals surface area (Å²) in [5.74, 6) is 0.506. The van der Waals surface area contributed by atoms with Crippen LogP contribution < -0.4 is 10.1 Å². The van der Waals surface area contributed by atoms with Crippen molar-refractivity contribution in [2.45, 2.75) is 39.0 Å². The Kier molecular flexibility index (Phi) is 4.47. The van der Waals surface area contributed by atoms with Gasteiger partial charge in [-0.3, -0.25) is 10.1 Å². The second-order valence-corrected chi connectivity index (χ2v) is 5.87. The Morgan fingerprint density at radius 2 is 2.05 bits per heavy atom. The number of nitrogens with zero attached hydrogens (tertiary/aromatic N) is 1. The van der Waals surface area contributed by atoms with E-state index in [4.69, 9.17) is 4.74 Å².